The predicted octanol–water partition coefficient (Wildman–Crippen LogP) is 2.91. The second-order valence-electron chi connectivity index (χ2n) is 6.43. The Bertz CT molecular complexity index is 837. The second-order valence-corrected chi connectivity index (χ2v) is 6.43. The van der Waals surface area contributed by atoms with Crippen molar-refractivity contribution in [1.29, 1.82) is 0 Å². The molecular formula is C20H20F2N2O3. The van der Waals surface area contributed by atoms with Crippen molar-refractivity contribution in [1.82, 2.24) is 5.32 Å². The Morgan fingerprint density at radius 1 is 1.07 bits per heavy atom. The van der Waals surface area contributed by atoms with E-state index in [-0.39, 0.29) is 5.91 Å². The Morgan fingerprint density at radius 3 is 2.44 bits per heavy atom. The standard InChI is InChI=1S/C20H20F2N2O3/c1-27-13-5-2-4-12(10-13)8-9-23-19(25)14-11-15(14)20(26)24-18-16(21)6-3-7-17(18)22/h2-7,10,14-15H,8-9,11H2,1H3,(H,23,25)(H,24,26). The van der Waals surface area contributed by atoms with E-state index in [2.05, 4.69) is 10.6 Å². The molecule has 0 spiro atoms. The lowest BCUT2D eigenvalue weighted by Crippen LogP contribution is -2.29. The van der Waals surface area contributed by atoms with Gasteiger partial charge in [-0.15, -0.1) is 0 Å². The number of ether oxygens (including phenoxy) is 1. The molecule has 2 unspecified atom stereocenters. The first kappa shape index (κ1) is 18.8. The lowest BCUT2D eigenvalue weighted by Gasteiger charge is -2.08. The van der Waals surface area contributed by atoms with Crippen molar-refractivity contribution in [3.8, 4) is 5.75 Å². The quantitative estimate of drug-likeness (QED) is 0.783. The SMILES string of the molecule is COc1cccc(CCNC(=O)C2CC2C(=O)Nc2c(F)cccc2F)c1. The van der Waals surface area contributed by atoms with Gasteiger partial charge in [0.05, 0.1) is 18.9 Å². The summed E-state index contributed by atoms with van der Waals surface area (Å²) in [4.78, 5) is 24.3. The normalized spacial score (nSPS) is 17.9. The van der Waals surface area contributed by atoms with Crippen molar-refractivity contribution < 1.29 is 23.1 Å². The van der Waals surface area contributed by atoms with Crippen molar-refractivity contribution in [2.45, 2.75) is 12.8 Å². The van der Waals surface area contributed by atoms with E-state index in [4.69, 9.17) is 4.74 Å². The largest absolute Gasteiger partial charge is 0.497 e. The molecule has 7 heteroatoms. The van der Waals surface area contributed by atoms with Crippen LogP contribution in [-0.4, -0.2) is 25.5 Å². The predicted molar refractivity (Wildman–Crippen MR) is 96.3 cm³/mol. The van der Waals surface area contributed by atoms with Gasteiger partial charge in [0.15, 0.2) is 0 Å². The molecule has 3 rings (SSSR count). The van der Waals surface area contributed by atoms with Crippen molar-refractivity contribution in [2.75, 3.05) is 19.0 Å². The molecule has 2 atom stereocenters. The van der Waals surface area contributed by atoms with Crippen LogP contribution >= 0.6 is 0 Å². The van der Waals surface area contributed by atoms with Crippen molar-refractivity contribution >= 4 is 17.5 Å². The number of para-hydroxylation sites is 1. The fraction of sp³-hybridized carbons (Fsp3) is 0.300. The zero-order chi connectivity index (χ0) is 19.4. The van der Waals surface area contributed by atoms with E-state index in [1.54, 1.807) is 7.11 Å². The topological polar surface area (TPSA) is 67.4 Å². The smallest absolute Gasteiger partial charge is 0.228 e. The Morgan fingerprint density at radius 2 is 1.74 bits per heavy atom. The summed E-state index contributed by atoms with van der Waals surface area (Å²) in [6, 6.07) is 10.9. The molecule has 2 aromatic rings. The molecule has 1 aliphatic carbocycles. The van der Waals surface area contributed by atoms with Gasteiger partial charge in [-0.1, -0.05) is 18.2 Å². The number of amides is 2. The minimum absolute atomic E-state index is 0.230. The van der Waals surface area contributed by atoms with Gasteiger partial charge in [-0.2, -0.15) is 0 Å². The lowest BCUT2D eigenvalue weighted by atomic mass is 10.1. The summed E-state index contributed by atoms with van der Waals surface area (Å²) in [7, 11) is 1.59. The van der Waals surface area contributed by atoms with Gasteiger partial charge in [0, 0.05) is 6.54 Å². The monoisotopic (exact) mass is 374 g/mol. The van der Waals surface area contributed by atoms with Gasteiger partial charge >= 0.3 is 0 Å². The molecule has 2 amide bonds. The van der Waals surface area contributed by atoms with Crippen LogP contribution in [0.25, 0.3) is 0 Å². The zero-order valence-electron chi connectivity index (χ0n) is 14.8. The van der Waals surface area contributed by atoms with Crippen LogP contribution in [0, 0.1) is 23.5 Å². The summed E-state index contributed by atoms with van der Waals surface area (Å²) in [6.07, 6.45) is 1.000. The zero-order valence-corrected chi connectivity index (χ0v) is 14.8. The van der Waals surface area contributed by atoms with Gasteiger partial charge in [0.2, 0.25) is 11.8 Å². The molecule has 1 saturated carbocycles. The number of carbonyl (C=O) groups excluding carboxylic acids is 2. The third-order valence-corrected chi connectivity index (χ3v) is 4.52. The number of nitrogens with one attached hydrogen (secondary N) is 2. The molecule has 5 nitrogen and oxygen atoms in total. The Labute approximate surface area is 155 Å². The van der Waals surface area contributed by atoms with Crippen LogP contribution in [0.2, 0.25) is 0 Å². The van der Waals surface area contributed by atoms with Gasteiger partial charge in [0.1, 0.15) is 23.1 Å². The number of methoxy groups -OCH3 is 1. The maximum atomic E-state index is 13.6. The second kappa shape index (κ2) is 8.16. The first-order valence-electron chi connectivity index (χ1n) is 8.65. The van der Waals surface area contributed by atoms with Gasteiger partial charge in [-0.25, -0.2) is 8.78 Å². The highest BCUT2D eigenvalue weighted by Crippen LogP contribution is 2.39. The Kier molecular flexibility index (Phi) is 5.69. The molecule has 1 aliphatic rings. The molecule has 142 valence electrons. The summed E-state index contributed by atoms with van der Waals surface area (Å²) < 4.78 is 32.3. The van der Waals surface area contributed by atoms with Crippen LogP contribution in [0.5, 0.6) is 5.75 Å². The van der Waals surface area contributed by atoms with Crippen LogP contribution in [0.1, 0.15) is 12.0 Å². The van der Waals surface area contributed by atoms with Crippen LogP contribution in [0.15, 0.2) is 42.5 Å². The number of hydrogen-bond acceptors (Lipinski definition) is 3. The first-order valence-corrected chi connectivity index (χ1v) is 8.65. The van der Waals surface area contributed by atoms with Gasteiger partial charge in [-0.3, -0.25) is 9.59 Å². The molecule has 0 saturated heterocycles. The average Bonchev–Trinajstić information content (AvgIpc) is 3.46. The fourth-order valence-corrected chi connectivity index (χ4v) is 2.90. The molecule has 0 heterocycles. The minimum Gasteiger partial charge on any atom is -0.497 e. The van der Waals surface area contributed by atoms with Crippen molar-refractivity contribution in [3.05, 3.63) is 59.7 Å². The van der Waals surface area contributed by atoms with E-state index in [9.17, 15) is 18.4 Å². The summed E-state index contributed by atoms with van der Waals surface area (Å²) in [5.74, 6) is -2.75. The summed E-state index contributed by atoms with van der Waals surface area (Å²) in [5, 5.41) is 5.03. The molecule has 0 aromatic heterocycles. The molecule has 2 N–H and O–H groups in total. The minimum atomic E-state index is -0.844. The number of halogens is 2. The molecule has 2 aromatic carbocycles. The number of carbonyl (C=O) groups is 2. The molecule has 0 aliphatic heterocycles. The Hall–Kier alpha value is -2.96. The average molecular weight is 374 g/mol. The molecular weight excluding hydrogens is 354 g/mol. The van der Waals surface area contributed by atoms with E-state index in [0.717, 1.165) is 23.4 Å². The number of benzene rings is 2. The maximum absolute atomic E-state index is 13.6. The highest BCUT2D eigenvalue weighted by Gasteiger charge is 2.48. The summed E-state index contributed by atoms with van der Waals surface area (Å²) in [6.45, 7) is 0.429. The van der Waals surface area contributed by atoms with Crippen LogP contribution in [0.4, 0.5) is 14.5 Å². The Balaban J connectivity index is 1.46. The maximum Gasteiger partial charge on any atom is 0.228 e. The van der Waals surface area contributed by atoms with E-state index in [1.165, 1.54) is 6.07 Å². The third-order valence-electron chi connectivity index (χ3n) is 4.52. The van der Waals surface area contributed by atoms with E-state index >= 15 is 0 Å². The van der Waals surface area contributed by atoms with Crippen LogP contribution in [-0.2, 0) is 16.0 Å². The lowest BCUT2D eigenvalue weighted by molar-refractivity contribution is -0.125. The van der Waals surface area contributed by atoms with Gasteiger partial charge in [0.25, 0.3) is 0 Å². The van der Waals surface area contributed by atoms with E-state index in [1.807, 2.05) is 24.3 Å². The highest BCUT2D eigenvalue weighted by atomic mass is 19.1. The number of anilines is 1. The third kappa shape index (κ3) is 4.61. The van der Waals surface area contributed by atoms with E-state index < -0.39 is 35.1 Å². The van der Waals surface area contributed by atoms with E-state index in [0.29, 0.717) is 19.4 Å². The number of rotatable bonds is 7. The van der Waals surface area contributed by atoms with Crippen LogP contribution in [0.3, 0.4) is 0 Å². The van der Waals surface area contributed by atoms with Crippen molar-refractivity contribution in [2.24, 2.45) is 11.8 Å². The fourth-order valence-electron chi connectivity index (χ4n) is 2.90. The molecule has 1 fully saturated rings. The molecule has 0 bridgehead atoms. The number of hydrogen-bond donors (Lipinski definition) is 2. The van der Waals surface area contributed by atoms with Crippen molar-refractivity contribution in [3.63, 3.8) is 0 Å². The van der Waals surface area contributed by atoms with Crippen LogP contribution < -0.4 is 15.4 Å². The summed E-state index contributed by atoms with van der Waals surface area (Å²) in [5.41, 5.74) is 0.543. The van der Waals surface area contributed by atoms with Gasteiger partial charge in [-0.05, 0) is 42.7 Å². The summed E-state index contributed by atoms with van der Waals surface area (Å²) >= 11 is 0. The molecule has 0 radical (unpaired) electrons. The van der Waals surface area contributed by atoms with Gasteiger partial charge < -0.3 is 15.4 Å². The first-order chi connectivity index (χ1) is 13.0. The molecule has 27 heavy (non-hydrogen) atoms. The highest BCUT2D eigenvalue weighted by molar-refractivity contribution is 5.99.